The Bertz CT molecular complexity index is 1290. The number of hydrogen-bond donors (Lipinski definition) is 2. The number of nitrogens with two attached hydrogens (primary N) is 1. The summed E-state index contributed by atoms with van der Waals surface area (Å²) in [6.45, 7) is 4.31. The molecule has 39 heavy (non-hydrogen) atoms. The third-order valence-corrected chi connectivity index (χ3v) is 6.88. The van der Waals surface area contributed by atoms with E-state index in [9.17, 15) is 13.6 Å². The van der Waals surface area contributed by atoms with Crippen molar-refractivity contribution in [3.8, 4) is 17.4 Å². The molecule has 0 unspecified atom stereocenters. The van der Waals surface area contributed by atoms with Crippen LogP contribution < -0.4 is 25.4 Å². The average molecular weight is 546 g/mol. The Morgan fingerprint density at radius 2 is 1.95 bits per heavy atom. The van der Waals surface area contributed by atoms with E-state index in [4.69, 9.17) is 19.9 Å². The first-order valence-corrected chi connectivity index (χ1v) is 13.3. The van der Waals surface area contributed by atoms with Gasteiger partial charge in [-0.25, -0.2) is 13.8 Å². The number of carbonyl (C=O) groups is 1. The van der Waals surface area contributed by atoms with Crippen LogP contribution in [0, 0.1) is 0 Å². The van der Waals surface area contributed by atoms with Gasteiger partial charge in [0.1, 0.15) is 23.2 Å². The van der Waals surface area contributed by atoms with E-state index in [0.717, 1.165) is 12.8 Å². The third-order valence-electron chi connectivity index (χ3n) is 6.88. The Morgan fingerprint density at radius 1 is 1.18 bits per heavy atom. The second-order valence-corrected chi connectivity index (χ2v) is 9.49. The van der Waals surface area contributed by atoms with E-state index in [2.05, 4.69) is 20.3 Å². The molecule has 5 rings (SSSR count). The first-order valence-electron chi connectivity index (χ1n) is 13.3. The molecule has 2 aromatic heterocycles. The van der Waals surface area contributed by atoms with Gasteiger partial charge in [0.2, 0.25) is 17.7 Å². The van der Waals surface area contributed by atoms with Gasteiger partial charge in [-0.3, -0.25) is 9.36 Å². The number of benzene rings is 1. The molecule has 2 fully saturated rings. The van der Waals surface area contributed by atoms with Gasteiger partial charge in [-0.1, -0.05) is 6.07 Å². The summed E-state index contributed by atoms with van der Waals surface area (Å²) in [5.74, 6) is 0.706. The number of morpholine rings is 1. The number of fused-ring (bicyclic) bond motifs is 1. The van der Waals surface area contributed by atoms with Gasteiger partial charge in [0, 0.05) is 25.2 Å². The molecule has 13 heteroatoms. The predicted molar refractivity (Wildman–Crippen MR) is 140 cm³/mol. The predicted octanol–water partition coefficient (Wildman–Crippen LogP) is 2.75. The molecule has 0 spiro atoms. The molecule has 3 aromatic rings. The second-order valence-electron chi connectivity index (χ2n) is 9.49. The topological polar surface area (TPSA) is 130 Å². The number of aromatic nitrogens is 4. The van der Waals surface area contributed by atoms with E-state index < -0.39 is 12.2 Å². The number of para-hydroxylation sites is 1. The van der Waals surface area contributed by atoms with Crippen LogP contribution in [0.15, 0.2) is 24.3 Å². The zero-order valence-corrected chi connectivity index (χ0v) is 21.8. The number of nitrogens with one attached hydrogen (secondary N) is 1. The molecule has 0 atom stereocenters. The molecular weight excluding hydrogens is 512 g/mol. The maximum Gasteiger partial charge on any atom is 0.296 e. The molecule has 1 aliphatic heterocycles. The van der Waals surface area contributed by atoms with Crippen molar-refractivity contribution in [3.63, 3.8) is 0 Å². The van der Waals surface area contributed by atoms with Crippen LogP contribution in [0.4, 0.5) is 14.7 Å². The molecule has 3 N–H and O–H groups in total. The van der Waals surface area contributed by atoms with Gasteiger partial charge in [-0.15, -0.1) is 0 Å². The number of nitrogens with zero attached hydrogens (tertiary/aromatic N) is 5. The Balaban J connectivity index is 1.50. The maximum atomic E-state index is 14.3. The maximum absolute atomic E-state index is 14.3. The van der Waals surface area contributed by atoms with E-state index in [1.807, 2.05) is 11.8 Å². The summed E-state index contributed by atoms with van der Waals surface area (Å²) >= 11 is 0. The lowest BCUT2D eigenvalue weighted by atomic mass is 9.93. The van der Waals surface area contributed by atoms with Crippen LogP contribution in [0.25, 0.3) is 16.9 Å². The minimum atomic E-state index is -2.85. The first kappa shape index (κ1) is 27.0. The highest BCUT2D eigenvalue weighted by molar-refractivity contribution is 5.84. The lowest BCUT2D eigenvalue weighted by Gasteiger charge is -2.30. The van der Waals surface area contributed by atoms with Crippen LogP contribution in [0.2, 0.25) is 0 Å². The van der Waals surface area contributed by atoms with Crippen molar-refractivity contribution in [2.24, 2.45) is 5.73 Å². The van der Waals surface area contributed by atoms with Crippen molar-refractivity contribution in [1.82, 2.24) is 24.8 Å². The first-order chi connectivity index (χ1) is 19.0. The summed E-state index contributed by atoms with van der Waals surface area (Å²) in [6, 6.07) is 6.79. The van der Waals surface area contributed by atoms with Crippen molar-refractivity contribution < 1.29 is 27.8 Å². The molecule has 1 aliphatic carbocycles. The van der Waals surface area contributed by atoms with Gasteiger partial charge in [-0.05, 0) is 44.7 Å². The molecule has 11 nitrogen and oxygen atoms in total. The SMILES string of the molecule is CCOc1cccc2c1nc(C(F)F)n2-c1cc(OC2CCC(NC(=O)CN)CC2)nc(N2CCOCC2)n1. The van der Waals surface area contributed by atoms with Gasteiger partial charge in [0.05, 0.1) is 31.9 Å². The Labute approximate surface area is 224 Å². The van der Waals surface area contributed by atoms with E-state index in [1.54, 1.807) is 24.3 Å². The second kappa shape index (κ2) is 12.1. The normalized spacial score (nSPS) is 19.9. The average Bonchev–Trinajstić information content (AvgIpc) is 3.36. The summed E-state index contributed by atoms with van der Waals surface area (Å²) in [5, 5.41) is 2.92. The van der Waals surface area contributed by atoms with Gasteiger partial charge in [0.25, 0.3) is 6.43 Å². The molecule has 210 valence electrons. The quantitative estimate of drug-likeness (QED) is 0.417. The Morgan fingerprint density at radius 3 is 2.64 bits per heavy atom. The number of alkyl halides is 2. The van der Waals surface area contributed by atoms with Gasteiger partial charge in [0.15, 0.2) is 5.82 Å². The highest BCUT2D eigenvalue weighted by atomic mass is 19.3. The lowest BCUT2D eigenvalue weighted by Crippen LogP contribution is -2.42. The van der Waals surface area contributed by atoms with E-state index in [1.165, 1.54) is 4.57 Å². The number of imidazole rings is 1. The molecule has 2 aliphatic rings. The van der Waals surface area contributed by atoms with E-state index >= 15 is 0 Å². The summed E-state index contributed by atoms with van der Waals surface area (Å²) in [5.41, 5.74) is 6.20. The zero-order chi connectivity index (χ0) is 27.4. The van der Waals surface area contributed by atoms with Crippen LogP contribution in [0.3, 0.4) is 0 Å². The number of ether oxygens (including phenoxy) is 3. The molecule has 0 bridgehead atoms. The minimum Gasteiger partial charge on any atom is -0.492 e. The molecule has 0 radical (unpaired) electrons. The van der Waals surface area contributed by atoms with Crippen molar-refractivity contribution in [1.29, 1.82) is 0 Å². The van der Waals surface area contributed by atoms with Crippen LogP contribution in [-0.2, 0) is 9.53 Å². The minimum absolute atomic E-state index is 0.0416. The number of carbonyl (C=O) groups excluding carboxylic acids is 1. The fourth-order valence-electron chi connectivity index (χ4n) is 5.01. The van der Waals surface area contributed by atoms with Crippen LogP contribution in [-0.4, -0.2) is 77.0 Å². The number of rotatable bonds is 9. The summed E-state index contributed by atoms with van der Waals surface area (Å²) in [7, 11) is 0. The lowest BCUT2D eigenvalue weighted by molar-refractivity contribution is -0.120. The van der Waals surface area contributed by atoms with Crippen molar-refractivity contribution in [2.45, 2.75) is 51.2 Å². The smallest absolute Gasteiger partial charge is 0.296 e. The monoisotopic (exact) mass is 545 g/mol. The highest BCUT2D eigenvalue weighted by Crippen LogP contribution is 2.34. The molecular formula is C26H33F2N7O4. The number of halogens is 2. The number of amides is 1. The number of anilines is 1. The molecule has 1 aromatic carbocycles. The molecule has 1 saturated carbocycles. The van der Waals surface area contributed by atoms with Gasteiger partial charge in [-0.2, -0.15) is 9.97 Å². The van der Waals surface area contributed by atoms with Crippen LogP contribution in [0.5, 0.6) is 11.6 Å². The summed E-state index contributed by atoms with van der Waals surface area (Å²) in [4.78, 5) is 27.2. The van der Waals surface area contributed by atoms with Crippen LogP contribution in [0.1, 0.15) is 44.9 Å². The van der Waals surface area contributed by atoms with Crippen LogP contribution >= 0.6 is 0 Å². The van der Waals surface area contributed by atoms with Gasteiger partial charge >= 0.3 is 0 Å². The molecule has 1 amide bonds. The van der Waals surface area contributed by atoms with Crippen molar-refractivity contribution in [2.75, 3.05) is 44.4 Å². The highest BCUT2D eigenvalue weighted by Gasteiger charge is 2.27. The Kier molecular flexibility index (Phi) is 8.36. The van der Waals surface area contributed by atoms with Crippen molar-refractivity contribution in [3.05, 3.63) is 30.1 Å². The molecule has 3 heterocycles. The summed E-state index contributed by atoms with van der Waals surface area (Å²) in [6.07, 6.45) is -0.100. The van der Waals surface area contributed by atoms with Gasteiger partial charge < -0.3 is 30.2 Å². The largest absolute Gasteiger partial charge is 0.492 e. The van der Waals surface area contributed by atoms with Crippen molar-refractivity contribution >= 4 is 22.9 Å². The fraction of sp³-hybridized carbons (Fsp3) is 0.538. The third kappa shape index (κ3) is 6.04. The molecule has 1 saturated heterocycles. The number of hydrogen-bond acceptors (Lipinski definition) is 9. The fourth-order valence-corrected chi connectivity index (χ4v) is 5.01. The summed E-state index contributed by atoms with van der Waals surface area (Å²) < 4.78 is 47.3. The zero-order valence-electron chi connectivity index (χ0n) is 21.8. The standard InChI is InChI=1S/C26H33F2N7O4/c1-2-38-19-5-3-4-18-23(19)33-25(24(27)28)35(18)20-14-22(32-26(31-20)34-10-12-37-13-11-34)39-17-8-6-16(7-9-17)30-21(36)15-29/h3-5,14,16-17,24H,2,6-13,15,29H2,1H3,(H,30,36). The van der Waals surface area contributed by atoms with E-state index in [-0.39, 0.29) is 30.4 Å². The Hall–Kier alpha value is -3.58. The van der Waals surface area contributed by atoms with E-state index in [0.29, 0.717) is 74.4 Å².